The van der Waals surface area contributed by atoms with Crippen molar-refractivity contribution in [2.75, 3.05) is 38.2 Å². The molecule has 0 saturated carbocycles. The van der Waals surface area contributed by atoms with Gasteiger partial charge in [-0.25, -0.2) is 0 Å². The van der Waals surface area contributed by atoms with Crippen molar-refractivity contribution in [1.29, 1.82) is 0 Å². The number of phenols is 1. The van der Waals surface area contributed by atoms with Gasteiger partial charge in [-0.3, -0.25) is 4.99 Å². The van der Waals surface area contributed by atoms with E-state index in [4.69, 9.17) is 9.73 Å². The van der Waals surface area contributed by atoms with Gasteiger partial charge >= 0.3 is 0 Å². The van der Waals surface area contributed by atoms with Crippen LogP contribution in [0.2, 0.25) is 0 Å². The van der Waals surface area contributed by atoms with E-state index in [0.29, 0.717) is 24.8 Å². The Bertz CT molecular complexity index is 786. The predicted octanol–water partition coefficient (Wildman–Crippen LogP) is 3.40. The lowest BCUT2D eigenvalue weighted by atomic mass is 10.1. The van der Waals surface area contributed by atoms with Crippen LogP contribution < -0.4 is 20.3 Å². The second-order valence-corrected chi connectivity index (χ2v) is 6.89. The second kappa shape index (κ2) is 11.7. The minimum atomic E-state index is 0. The lowest BCUT2D eigenvalue weighted by Crippen LogP contribution is -2.44. The number of aliphatic imine (C=N–C) groups is 1. The average molecular weight is 510 g/mol. The maximum absolute atomic E-state index is 10.2. The molecule has 29 heavy (non-hydrogen) atoms. The summed E-state index contributed by atoms with van der Waals surface area (Å²) in [5.74, 6) is 1.52. The Morgan fingerprint density at radius 3 is 2.72 bits per heavy atom. The molecule has 0 radical (unpaired) electrons. The molecule has 2 aromatic carbocycles. The van der Waals surface area contributed by atoms with Crippen LogP contribution in [0, 0.1) is 0 Å². The van der Waals surface area contributed by atoms with Gasteiger partial charge in [0.15, 0.2) is 17.5 Å². The number of rotatable bonds is 7. The number of hydrogen-bond acceptors (Lipinski definition) is 4. The molecule has 3 rings (SSSR count). The molecular weight excluding hydrogens is 479 g/mol. The Hall–Kier alpha value is -2.16. The maximum atomic E-state index is 10.2. The summed E-state index contributed by atoms with van der Waals surface area (Å²) in [6.07, 6.45) is 1.73. The smallest absolute Gasteiger partial charge is 0.191 e. The first-order valence-electron chi connectivity index (χ1n) is 9.91. The topological polar surface area (TPSA) is 69.1 Å². The first kappa shape index (κ1) is 23.1. The number of hydrogen-bond donors (Lipinski definition) is 3. The Morgan fingerprint density at radius 2 is 2.00 bits per heavy atom. The minimum absolute atomic E-state index is 0. The summed E-state index contributed by atoms with van der Waals surface area (Å²) in [6.45, 7) is 5.47. The summed E-state index contributed by atoms with van der Waals surface area (Å²) in [5, 5.41) is 17.1. The van der Waals surface area contributed by atoms with Crippen molar-refractivity contribution < 1.29 is 9.84 Å². The van der Waals surface area contributed by atoms with Gasteiger partial charge in [0.25, 0.3) is 0 Å². The summed E-state index contributed by atoms with van der Waals surface area (Å²) >= 11 is 0. The molecule has 6 nitrogen and oxygen atoms in total. The SMILES string of the molecule is CCNC(=NCCc1cccc(OC)c1O)NC1CCN(c2ccccc2)C1.I. The molecule has 1 aliphatic heterocycles. The highest BCUT2D eigenvalue weighted by atomic mass is 127. The normalized spacial score (nSPS) is 16.3. The van der Waals surface area contributed by atoms with Crippen LogP contribution in [0.4, 0.5) is 5.69 Å². The van der Waals surface area contributed by atoms with Crippen LogP contribution in [-0.4, -0.2) is 50.4 Å². The number of aromatic hydroxyl groups is 1. The van der Waals surface area contributed by atoms with E-state index in [1.807, 2.05) is 18.2 Å². The van der Waals surface area contributed by atoms with Gasteiger partial charge < -0.3 is 25.4 Å². The summed E-state index contributed by atoms with van der Waals surface area (Å²) < 4.78 is 5.17. The number of anilines is 1. The Morgan fingerprint density at radius 1 is 1.21 bits per heavy atom. The number of nitrogens with zero attached hydrogens (tertiary/aromatic N) is 2. The van der Waals surface area contributed by atoms with E-state index in [-0.39, 0.29) is 29.7 Å². The average Bonchev–Trinajstić information content (AvgIpc) is 3.18. The van der Waals surface area contributed by atoms with Crippen molar-refractivity contribution in [2.24, 2.45) is 4.99 Å². The molecule has 158 valence electrons. The van der Waals surface area contributed by atoms with Crippen LogP contribution in [0.5, 0.6) is 11.5 Å². The van der Waals surface area contributed by atoms with Gasteiger partial charge in [-0.1, -0.05) is 30.3 Å². The molecule has 1 saturated heterocycles. The molecule has 2 aromatic rings. The van der Waals surface area contributed by atoms with Gasteiger partial charge in [0.05, 0.1) is 7.11 Å². The third-order valence-corrected chi connectivity index (χ3v) is 4.95. The van der Waals surface area contributed by atoms with Crippen molar-refractivity contribution in [3.63, 3.8) is 0 Å². The summed E-state index contributed by atoms with van der Waals surface area (Å²) in [7, 11) is 1.56. The zero-order valence-corrected chi connectivity index (χ0v) is 19.4. The van der Waals surface area contributed by atoms with Gasteiger partial charge in [-0.15, -0.1) is 24.0 Å². The zero-order valence-electron chi connectivity index (χ0n) is 17.1. The number of benzene rings is 2. The van der Waals surface area contributed by atoms with Crippen LogP contribution in [0.25, 0.3) is 0 Å². The van der Waals surface area contributed by atoms with Gasteiger partial charge in [-0.05, 0) is 43.5 Å². The molecule has 0 amide bonds. The van der Waals surface area contributed by atoms with Crippen molar-refractivity contribution in [1.82, 2.24) is 10.6 Å². The van der Waals surface area contributed by atoms with Crippen LogP contribution in [-0.2, 0) is 6.42 Å². The van der Waals surface area contributed by atoms with Gasteiger partial charge in [-0.2, -0.15) is 0 Å². The number of methoxy groups -OCH3 is 1. The zero-order chi connectivity index (χ0) is 19.8. The Balaban J connectivity index is 0.00000300. The number of guanidine groups is 1. The molecular formula is C22H31IN4O2. The molecule has 7 heteroatoms. The van der Waals surface area contributed by atoms with E-state index in [1.54, 1.807) is 13.2 Å². The molecule has 1 heterocycles. The van der Waals surface area contributed by atoms with Crippen molar-refractivity contribution >= 4 is 35.6 Å². The van der Waals surface area contributed by atoms with Crippen molar-refractivity contribution in [2.45, 2.75) is 25.8 Å². The third kappa shape index (κ3) is 6.42. The monoisotopic (exact) mass is 510 g/mol. The molecule has 1 fully saturated rings. The highest BCUT2D eigenvalue weighted by Crippen LogP contribution is 2.29. The van der Waals surface area contributed by atoms with E-state index in [1.165, 1.54) is 5.69 Å². The van der Waals surface area contributed by atoms with Gasteiger partial charge in [0.2, 0.25) is 0 Å². The second-order valence-electron chi connectivity index (χ2n) is 6.89. The quantitative estimate of drug-likeness (QED) is 0.303. The number of ether oxygens (including phenoxy) is 1. The lowest BCUT2D eigenvalue weighted by molar-refractivity contribution is 0.370. The fourth-order valence-corrected chi connectivity index (χ4v) is 3.49. The van der Waals surface area contributed by atoms with Crippen LogP contribution in [0.3, 0.4) is 0 Å². The fraction of sp³-hybridized carbons (Fsp3) is 0.409. The van der Waals surface area contributed by atoms with E-state index in [2.05, 4.69) is 46.7 Å². The predicted molar refractivity (Wildman–Crippen MR) is 130 cm³/mol. The highest BCUT2D eigenvalue weighted by Gasteiger charge is 2.23. The van der Waals surface area contributed by atoms with Crippen LogP contribution >= 0.6 is 24.0 Å². The Kier molecular flexibility index (Phi) is 9.37. The molecule has 1 aliphatic rings. The molecule has 0 aromatic heterocycles. The largest absolute Gasteiger partial charge is 0.504 e. The van der Waals surface area contributed by atoms with E-state index in [0.717, 1.165) is 37.6 Å². The molecule has 1 unspecified atom stereocenters. The number of nitrogens with one attached hydrogen (secondary N) is 2. The molecule has 0 aliphatic carbocycles. The number of halogens is 1. The summed E-state index contributed by atoms with van der Waals surface area (Å²) in [5.41, 5.74) is 2.11. The fourth-order valence-electron chi connectivity index (χ4n) is 3.49. The number of phenolic OH excluding ortho intramolecular Hbond substituents is 1. The first-order chi connectivity index (χ1) is 13.7. The van der Waals surface area contributed by atoms with E-state index >= 15 is 0 Å². The van der Waals surface area contributed by atoms with Crippen molar-refractivity contribution in [3.05, 3.63) is 54.1 Å². The van der Waals surface area contributed by atoms with Crippen LogP contribution in [0.1, 0.15) is 18.9 Å². The van der Waals surface area contributed by atoms with E-state index < -0.39 is 0 Å². The first-order valence-corrected chi connectivity index (χ1v) is 9.91. The standard InChI is InChI=1S/C22H30N4O2.HI/c1-3-23-22(24-14-12-17-8-7-11-20(28-2)21(17)27)25-18-13-15-26(16-18)19-9-5-4-6-10-19;/h4-11,18,27H,3,12-16H2,1-2H3,(H2,23,24,25);1H. The maximum Gasteiger partial charge on any atom is 0.191 e. The van der Waals surface area contributed by atoms with E-state index in [9.17, 15) is 5.11 Å². The minimum Gasteiger partial charge on any atom is -0.504 e. The van der Waals surface area contributed by atoms with Gasteiger partial charge in [0, 0.05) is 37.9 Å². The molecule has 1 atom stereocenters. The van der Waals surface area contributed by atoms with Gasteiger partial charge in [0.1, 0.15) is 0 Å². The summed E-state index contributed by atoms with van der Waals surface area (Å²) in [4.78, 5) is 7.09. The molecule has 0 spiro atoms. The Labute approximate surface area is 190 Å². The number of para-hydroxylation sites is 2. The third-order valence-electron chi connectivity index (χ3n) is 4.95. The molecule has 3 N–H and O–H groups in total. The van der Waals surface area contributed by atoms with Crippen LogP contribution in [0.15, 0.2) is 53.5 Å². The molecule has 0 bridgehead atoms. The van der Waals surface area contributed by atoms with Crippen molar-refractivity contribution in [3.8, 4) is 11.5 Å². The highest BCUT2D eigenvalue weighted by molar-refractivity contribution is 14.0. The summed E-state index contributed by atoms with van der Waals surface area (Å²) in [6, 6.07) is 16.4. The lowest BCUT2D eigenvalue weighted by Gasteiger charge is -2.20.